The highest BCUT2D eigenvalue weighted by atomic mass is 32.1. The van der Waals surface area contributed by atoms with Crippen LogP contribution >= 0.6 is 11.3 Å². The van der Waals surface area contributed by atoms with Crippen molar-refractivity contribution >= 4 is 28.9 Å². The molecule has 2 aliphatic heterocycles. The van der Waals surface area contributed by atoms with Crippen LogP contribution in [0.5, 0.6) is 0 Å². The van der Waals surface area contributed by atoms with Gasteiger partial charge in [0.1, 0.15) is 0 Å². The Bertz CT molecular complexity index is 724. The molecule has 1 atom stereocenters. The molecule has 2 saturated heterocycles. The van der Waals surface area contributed by atoms with Gasteiger partial charge < -0.3 is 9.80 Å². The summed E-state index contributed by atoms with van der Waals surface area (Å²) in [5.41, 5.74) is -0.372. The summed E-state index contributed by atoms with van der Waals surface area (Å²) in [6.07, 6.45) is 5.19. The molecule has 6 heteroatoms. The van der Waals surface area contributed by atoms with Crippen LogP contribution in [0.3, 0.4) is 0 Å². The van der Waals surface area contributed by atoms with E-state index >= 15 is 0 Å². The highest BCUT2D eigenvalue weighted by Crippen LogP contribution is 2.42. The molecular weight excluding hydrogens is 336 g/mol. The predicted molar refractivity (Wildman–Crippen MR) is 95.8 cm³/mol. The number of likely N-dealkylation sites (tertiary alicyclic amines) is 2. The zero-order valence-corrected chi connectivity index (χ0v) is 15.4. The summed E-state index contributed by atoms with van der Waals surface area (Å²) in [6, 6.07) is 3.45. The molecule has 134 valence electrons. The van der Waals surface area contributed by atoms with Gasteiger partial charge in [-0.3, -0.25) is 14.4 Å². The van der Waals surface area contributed by atoms with Gasteiger partial charge in [-0.25, -0.2) is 0 Å². The number of piperidine rings is 1. The molecule has 0 radical (unpaired) electrons. The number of Topliss-reactive ketones (excluding diaryl/α,β-unsaturated/α-hetero) is 1. The van der Waals surface area contributed by atoms with Crippen LogP contribution in [-0.2, 0) is 4.79 Å². The topological polar surface area (TPSA) is 57.7 Å². The fraction of sp³-hybridized carbons (Fsp3) is 0.632. The molecule has 0 N–H and O–H groups in total. The van der Waals surface area contributed by atoms with Crippen molar-refractivity contribution in [2.45, 2.75) is 39.0 Å². The lowest BCUT2D eigenvalue weighted by Gasteiger charge is -2.39. The number of ketones is 1. The zero-order valence-electron chi connectivity index (χ0n) is 14.6. The molecule has 0 unspecified atom stereocenters. The molecular formula is C19H24N2O3S. The summed E-state index contributed by atoms with van der Waals surface area (Å²) in [5, 5.41) is 0. The number of thiophene rings is 1. The minimum atomic E-state index is -0.372. The number of hydrogen-bond acceptors (Lipinski definition) is 4. The second-order valence-corrected chi connectivity index (χ2v) is 8.86. The van der Waals surface area contributed by atoms with Gasteiger partial charge in [-0.15, -0.1) is 11.3 Å². The molecule has 4 rings (SSSR count). The fourth-order valence-corrected chi connectivity index (χ4v) is 5.03. The molecule has 0 bridgehead atoms. The second-order valence-electron chi connectivity index (χ2n) is 7.78. The molecule has 2 amide bonds. The number of carbonyl (C=O) groups is 3. The summed E-state index contributed by atoms with van der Waals surface area (Å²) < 4.78 is 0. The maximum absolute atomic E-state index is 13.1. The largest absolute Gasteiger partial charge is 0.342 e. The summed E-state index contributed by atoms with van der Waals surface area (Å²) in [6.45, 7) is 4.45. The van der Waals surface area contributed by atoms with E-state index in [1.54, 1.807) is 12.1 Å². The van der Waals surface area contributed by atoms with E-state index in [-0.39, 0.29) is 23.0 Å². The Hall–Kier alpha value is -1.69. The summed E-state index contributed by atoms with van der Waals surface area (Å²) in [4.78, 5) is 42.4. The molecule has 1 saturated carbocycles. The average molecular weight is 360 g/mol. The molecule has 1 aromatic heterocycles. The van der Waals surface area contributed by atoms with Gasteiger partial charge in [0.15, 0.2) is 5.78 Å². The first-order chi connectivity index (χ1) is 12.0. The third-order valence-electron chi connectivity index (χ3n) is 5.80. The van der Waals surface area contributed by atoms with Crippen LogP contribution in [0.15, 0.2) is 12.1 Å². The molecule has 1 spiro atoms. The number of hydrogen-bond donors (Lipinski definition) is 0. The van der Waals surface area contributed by atoms with Crippen molar-refractivity contribution in [3.05, 3.63) is 21.9 Å². The van der Waals surface area contributed by atoms with Crippen LogP contribution < -0.4 is 0 Å². The van der Waals surface area contributed by atoms with Gasteiger partial charge in [-0.1, -0.05) is 0 Å². The van der Waals surface area contributed by atoms with Crippen LogP contribution in [0.4, 0.5) is 0 Å². The van der Waals surface area contributed by atoms with E-state index in [0.29, 0.717) is 28.8 Å². The molecule has 1 aromatic rings. The highest BCUT2D eigenvalue weighted by Gasteiger charge is 2.50. The van der Waals surface area contributed by atoms with Gasteiger partial charge in [-0.05, 0) is 57.1 Å². The number of amides is 2. The van der Waals surface area contributed by atoms with Crippen LogP contribution in [0.2, 0.25) is 0 Å². The van der Waals surface area contributed by atoms with E-state index in [0.717, 1.165) is 32.4 Å². The fourth-order valence-electron chi connectivity index (χ4n) is 4.16. The normalized spacial score (nSPS) is 26.5. The van der Waals surface area contributed by atoms with Crippen molar-refractivity contribution in [3.63, 3.8) is 0 Å². The lowest BCUT2D eigenvalue weighted by molar-refractivity contribution is -0.145. The minimum absolute atomic E-state index is 0.0138. The third kappa shape index (κ3) is 3.12. The number of nitrogens with zero attached hydrogens (tertiary/aromatic N) is 2. The molecule has 0 aromatic carbocycles. The molecule has 1 aliphatic carbocycles. The Labute approximate surface area is 152 Å². The van der Waals surface area contributed by atoms with Crippen LogP contribution in [0, 0.1) is 11.3 Å². The van der Waals surface area contributed by atoms with Crippen LogP contribution in [0.25, 0.3) is 0 Å². The van der Waals surface area contributed by atoms with E-state index in [9.17, 15) is 14.4 Å². The van der Waals surface area contributed by atoms with Gasteiger partial charge >= 0.3 is 0 Å². The van der Waals surface area contributed by atoms with Crippen molar-refractivity contribution in [3.8, 4) is 0 Å². The van der Waals surface area contributed by atoms with Gasteiger partial charge in [0.05, 0.1) is 15.2 Å². The van der Waals surface area contributed by atoms with E-state index in [2.05, 4.69) is 0 Å². The van der Waals surface area contributed by atoms with E-state index in [4.69, 9.17) is 0 Å². The Morgan fingerprint density at radius 3 is 2.64 bits per heavy atom. The van der Waals surface area contributed by atoms with Gasteiger partial charge in [0.25, 0.3) is 5.91 Å². The smallest absolute Gasteiger partial charge is 0.263 e. The monoisotopic (exact) mass is 360 g/mol. The maximum atomic E-state index is 13.1. The van der Waals surface area contributed by atoms with E-state index in [1.165, 1.54) is 31.1 Å². The van der Waals surface area contributed by atoms with Crippen molar-refractivity contribution in [1.82, 2.24) is 9.80 Å². The number of carbonyl (C=O) groups excluding carboxylic acids is 3. The first-order valence-corrected chi connectivity index (χ1v) is 10.00. The quantitative estimate of drug-likeness (QED) is 0.776. The lowest BCUT2D eigenvalue weighted by atomic mass is 9.78. The van der Waals surface area contributed by atoms with Crippen molar-refractivity contribution < 1.29 is 14.4 Å². The molecule has 3 fully saturated rings. The van der Waals surface area contributed by atoms with Crippen molar-refractivity contribution in [2.24, 2.45) is 11.3 Å². The minimum Gasteiger partial charge on any atom is -0.342 e. The van der Waals surface area contributed by atoms with Gasteiger partial charge in [-0.2, -0.15) is 0 Å². The first-order valence-electron chi connectivity index (χ1n) is 9.18. The predicted octanol–water partition coefficient (Wildman–Crippen LogP) is 2.82. The zero-order chi connectivity index (χ0) is 17.6. The number of rotatable bonds is 4. The van der Waals surface area contributed by atoms with Crippen LogP contribution in [0.1, 0.15) is 58.4 Å². The molecule has 25 heavy (non-hydrogen) atoms. The highest BCUT2D eigenvalue weighted by molar-refractivity contribution is 7.15. The standard InChI is InChI=1S/C19H24N2O3S/c1-13(22)15-5-6-16(25-15)17(23)21-10-8-19(12-21)7-2-9-20(18(19)24)11-14-3-4-14/h5-6,14H,2-4,7-12H2,1H3/t19-/m0/s1. The van der Waals surface area contributed by atoms with E-state index in [1.807, 2.05) is 9.80 Å². The third-order valence-corrected chi connectivity index (χ3v) is 6.98. The van der Waals surface area contributed by atoms with E-state index < -0.39 is 0 Å². The second kappa shape index (κ2) is 6.24. The Balaban J connectivity index is 1.46. The van der Waals surface area contributed by atoms with Crippen LogP contribution in [-0.4, -0.2) is 53.6 Å². The van der Waals surface area contributed by atoms with Gasteiger partial charge in [0, 0.05) is 26.2 Å². The Kier molecular flexibility index (Phi) is 4.18. The summed E-state index contributed by atoms with van der Waals surface area (Å²) >= 11 is 1.25. The van der Waals surface area contributed by atoms with Gasteiger partial charge in [0.2, 0.25) is 5.91 Å². The van der Waals surface area contributed by atoms with Crippen molar-refractivity contribution in [1.29, 1.82) is 0 Å². The molecule has 5 nitrogen and oxygen atoms in total. The summed E-state index contributed by atoms with van der Waals surface area (Å²) in [7, 11) is 0. The summed E-state index contributed by atoms with van der Waals surface area (Å²) in [5.74, 6) is 0.910. The Morgan fingerprint density at radius 2 is 1.96 bits per heavy atom. The Morgan fingerprint density at radius 1 is 1.20 bits per heavy atom. The molecule has 3 heterocycles. The van der Waals surface area contributed by atoms with Crippen molar-refractivity contribution in [2.75, 3.05) is 26.2 Å². The average Bonchev–Trinajstić information content (AvgIpc) is 3.11. The SMILES string of the molecule is CC(=O)c1ccc(C(=O)N2CC[C@@]3(CCCN(CC4CC4)C3=O)C2)s1. The maximum Gasteiger partial charge on any atom is 0.263 e. The first kappa shape index (κ1) is 16.8. The molecule has 3 aliphatic rings. The lowest BCUT2D eigenvalue weighted by Crippen LogP contribution is -2.50.